The molecular weight excluding hydrogens is 244 g/mol. The summed E-state index contributed by atoms with van der Waals surface area (Å²) in [5.41, 5.74) is -1.06. The first-order chi connectivity index (χ1) is 8.68. The molecule has 0 spiro atoms. The van der Waals surface area contributed by atoms with Crippen molar-refractivity contribution in [2.75, 3.05) is 19.6 Å². The molecule has 1 aliphatic heterocycles. The van der Waals surface area contributed by atoms with E-state index >= 15 is 0 Å². The Labute approximate surface area is 115 Å². The molecule has 1 aliphatic rings. The lowest BCUT2D eigenvalue weighted by Gasteiger charge is -2.46. The Bertz CT molecular complexity index is 341. The molecule has 0 aromatic carbocycles. The average Bonchev–Trinajstić information content (AvgIpc) is 2.28. The van der Waals surface area contributed by atoms with Crippen LogP contribution in [0, 0.1) is 5.41 Å². The number of nitrogens with one attached hydrogen (secondary N) is 1. The third kappa shape index (κ3) is 4.49. The van der Waals surface area contributed by atoms with E-state index in [9.17, 15) is 14.7 Å². The maximum Gasteiger partial charge on any atom is 0.225 e. The van der Waals surface area contributed by atoms with Crippen LogP contribution in [0.3, 0.4) is 0 Å². The van der Waals surface area contributed by atoms with Crippen LogP contribution in [0.2, 0.25) is 0 Å². The van der Waals surface area contributed by atoms with Crippen LogP contribution in [0.5, 0.6) is 0 Å². The van der Waals surface area contributed by atoms with E-state index in [1.807, 2.05) is 27.7 Å². The molecular formula is C14H26N2O3. The minimum atomic E-state index is -0.671. The van der Waals surface area contributed by atoms with Gasteiger partial charge in [-0.3, -0.25) is 9.59 Å². The number of hydrogen-bond acceptors (Lipinski definition) is 3. The first kappa shape index (κ1) is 16.0. The van der Waals surface area contributed by atoms with Crippen molar-refractivity contribution in [3.05, 3.63) is 0 Å². The van der Waals surface area contributed by atoms with Gasteiger partial charge >= 0.3 is 0 Å². The molecule has 2 N–H and O–H groups in total. The van der Waals surface area contributed by atoms with Gasteiger partial charge in [-0.05, 0) is 12.8 Å². The highest BCUT2D eigenvalue weighted by Crippen LogP contribution is 2.24. The Kier molecular flexibility index (Phi) is 4.96. The van der Waals surface area contributed by atoms with Crippen molar-refractivity contribution < 1.29 is 14.7 Å². The van der Waals surface area contributed by atoms with Crippen LogP contribution in [0.1, 0.15) is 47.0 Å². The molecule has 0 radical (unpaired) electrons. The van der Waals surface area contributed by atoms with Crippen LogP contribution in [0.15, 0.2) is 0 Å². The number of hydrogen-bond donors (Lipinski definition) is 2. The van der Waals surface area contributed by atoms with Gasteiger partial charge in [-0.25, -0.2) is 0 Å². The fraction of sp³-hybridized carbons (Fsp3) is 0.857. The van der Waals surface area contributed by atoms with Crippen molar-refractivity contribution in [1.82, 2.24) is 10.2 Å². The van der Waals surface area contributed by atoms with E-state index < -0.39 is 5.60 Å². The lowest BCUT2D eigenvalue weighted by molar-refractivity contribution is -0.155. The molecule has 0 aromatic rings. The zero-order chi connectivity index (χ0) is 14.7. The number of β-amino-alcohol motifs (C(OH)–C–C–N with tert-alkyl or cyclic N) is 1. The molecule has 1 heterocycles. The number of likely N-dealkylation sites (tertiary alicyclic amines) is 1. The Hall–Kier alpha value is -1.10. The molecule has 0 bridgehead atoms. The molecule has 1 saturated heterocycles. The van der Waals surface area contributed by atoms with Gasteiger partial charge < -0.3 is 15.3 Å². The van der Waals surface area contributed by atoms with E-state index in [-0.39, 0.29) is 17.2 Å². The summed E-state index contributed by atoms with van der Waals surface area (Å²) in [6.07, 6.45) is 1.74. The summed E-state index contributed by atoms with van der Waals surface area (Å²) in [6.45, 7) is 8.91. The second kappa shape index (κ2) is 5.90. The highest BCUT2D eigenvalue weighted by atomic mass is 16.3. The van der Waals surface area contributed by atoms with Crippen LogP contribution in [-0.4, -0.2) is 47.1 Å². The topological polar surface area (TPSA) is 69.6 Å². The Balaban J connectivity index is 2.14. The molecule has 110 valence electrons. The average molecular weight is 270 g/mol. The zero-order valence-corrected chi connectivity index (χ0v) is 12.5. The van der Waals surface area contributed by atoms with E-state index in [2.05, 4.69) is 5.32 Å². The molecule has 5 heteroatoms. The fourth-order valence-corrected chi connectivity index (χ4v) is 1.93. The van der Waals surface area contributed by atoms with Crippen LogP contribution < -0.4 is 5.32 Å². The smallest absolute Gasteiger partial charge is 0.225 e. The van der Waals surface area contributed by atoms with Gasteiger partial charge in [-0.15, -0.1) is 0 Å². The third-order valence-electron chi connectivity index (χ3n) is 3.52. The molecule has 19 heavy (non-hydrogen) atoms. The number of aliphatic hydroxyl groups is 1. The van der Waals surface area contributed by atoms with Gasteiger partial charge in [0.15, 0.2) is 0 Å². The maximum absolute atomic E-state index is 11.8. The molecule has 5 nitrogen and oxygen atoms in total. The number of rotatable bonds is 5. The number of nitrogens with zero attached hydrogens (tertiary/aromatic N) is 1. The number of amides is 2. The molecule has 1 rings (SSSR count). The standard InChI is InChI=1S/C14H26N2O3/c1-5-14(19)9-16(10-14)11(17)7-6-8-15-12(18)13(2,3)4/h19H,5-10H2,1-4H3,(H,15,18). The van der Waals surface area contributed by atoms with Crippen LogP contribution in [0.25, 0.3) is 0 Å². The van der Waals surface area contributed by atoms with E-state index in [4.69, 9.17) is 0 Å². The summed E-state index contributed by atoms with van der Waals surface area (Å²) < 4.78 is 0. The highest BCUT2D eigenvalue weighted by molar-refractivity contribution is 5.81. The van der Waals surface area contributed by atoms with Gasteiger partial charge in [0.05, 0.1) is 18.7 Å². The van der Waals surface area contributed by atoms with Gasteiger partial charge in [0, 0.05) is 18.4 Å². The summed E-state index contributed by atoms with van der Waals surface area (Å²) in [7, 11) is 0. The highest BCUT2D eigenvalue weighted by Gasteiger charge is 2.41. The largest absolute Gasteiger partial charge is 0.386 e. The summed E-state index contributed by atoms with van der Waals surface area (Å²) in [5, 5.41) is 12.6. The second-order valence-electron chi connectivity index (χ2n) is 6.44. The molecule has 1 fully saturated rings. The van der Waals surface area contributed by atoms with Crippen molar-refractivity contribution >= 4 is 11.8 Å². The molecule has 0 atom stereocenters. The van der Waals surface area contributed by atoms with E-state index in [1.165, 1.54) is 0 Å². The Morgan fingerprint density at radius 2 is 1.89 bits per heavy atom. The lowest BCUT2D eigenvalue weighted by atomic mass is 9.91. The van der Waals surface area contributed by atoms with Gasteiger partial charge in [0.25, 0.3) is 0 Å². The van der Waals surface area contributed by atoms with Gasteiger partial charge in [-0.1, -0.05) is 27.7 Å². The van der Waals surface area contributed by atoms with Crippen LogP contribution in [0.4, 0.5) is 0 Å². The van der Waals surface area contributed by atoms with Crippen molar-refractivity contribution in [3.63, 3.8) is 0 Å². The molecule has 0 aromatic heterocycles. The first-order valence-electron chi connectivity index (χ1n) is 6.96. The fourth-order valence-electron chi connectivity index (χ4n) is 1.93. The van der Waals surface area contributed by atoms with Crippen LogP contribution >= 0.6 is 0 Å². The third-order valence-corrected chi connectivity index (χ3v) is 3.52. The molecule has 0 aliphatic carbocycles. The quantitative estimate of drug-likeness (QED) is 0.730. The van der Waals surface area contributed by atoms with E-state index in [0.717, 1.165) is 0 Å². The van der Waals surface area contributed by atoms with Crippen LogP contribution in [-0.2, 0) is 9.59 Å². The zero-order valence-electron chi connectivity index (χ0n) is 12.5. The van der Waals surface area contributed by atoms with E-state index in [1.54, 1.807) is 4.90 Å². The van der Waals surface area contributed by atoms with Crippen molar-refractivity contribution in [1.29, 1.82) is 0 Å². The summed E-state index contributed by atoms with van der Waals surface area (Å²) in [6, 6.07) is 0. The molecule has 2 amide bonds. The predicted octanol–water partition coefficient (Wildman–Crippen LogP) is 0.912. The van der Waals surface area contributed by atoms with Gasteiger partial charge in [0.1, 0.15) is 0 Å². The normalized spacial score (nSPS) is 17.8. The van der Waals surface area contributed by atoms with Crippen molar-refractivity contribution in [2.24, 2.45) is 5.41 Å². The Morgan fingerprint density at radius 3 is 2.37 bits per heavy atom. The lowest BCUT2D eigenvalue weighted by Crippen LogP contribution is -2.63. The molecule has 0 saturated carbocycles. The predicted molar refractivity (Wildman–Crippen MR) is 73.5 cm³/mol. The van der Waals surface area contributed by atoms with E-state index in [0.29, 0.717) is 38.9 Å². The summed E-state index contributed by atoms with van der Waals surface area (Å²) >= 11 is 0. The Morgan fingerprint density at radius 1 is 1.32 bits per heavy atom. The minimum Gasteiger partial charge on any atom is -0.386 e. The minimum absolute atomic E-state index is 0.00394. The SMILES string of the molecule is CCC1(O)CN(C(=O)CCCNC(=O)C(C)(C)C)C1. The monoisotopic (exact) mass is 270 g/mol. The number of carbonyl (C=O) groups is 2. The maximum atomic E-state index is 11.8. The van der Waals surface area contributed by atoms with Gasteiger partial charge in [-0.2, -0.15) is 0 Å². The van der Waals surface area contributed by atoms with Gasteiger partial charge in [0.2, 0.25) is 11.8 Å². The second-order valence-corrected chi connectivity index (χ2v) is 6.44. The molecule has 0 unspecified atom stereocenters. The van der Waals surface area contributed by atoms with Crippen molar-refractivity contribution in [2.45, 2.75) is 52.6 Å². The summed E-state index contributed by atoms with van der Waals surface area (Å²) in [5.74, 6) is 0.0624. The first-order valence-corrected chi connectivity index (χ1v) is 6.96. The number of carbonyl (C=O) groups excluding carboxylic acids is 2. The summed E-state index contributed by atoms with van der Waals surface area (Å²) in [4.78, 5) is 25.0. The van der Waals surface area contributed by atoms with Crippen molar-refractivity contribution in [3.8, 4) is 0 Å².